The zero-order valence-corrected chi connectivity index (χ0v) is 11.0. The van der Waals surface area contributed by atoms with E-state index < -0.39 is 0 Å². The molecule has 0 aliphatic heterocycles. The third kappa shape index (κ3) is 2.40. The van der Waals surface area contributed by atoms with Crippen molar-refractivity contribution in [3.8, 4) is 5.75 Å². The molecule has 1 unspecified atom stereocenters. The molecule has 0 spiro atoms. The van der Waals surface area contributed by atoms with Gasteiger partial charge in [-0.05, 0) is 31.4 Å². The Balaban J connectivity index is 1.70. The highest BCUT2D eigenvalue weighted by Gasteiger charge is 2.21. The highest BCUT2D eigenvalue weighted by Crippen LogP contribution is 2.32. The fourth-order valence-electron chi connectivity index (χ4n) is 2.23. The monoisotopic (exact) mass is 260 g/mol. The lowest BCUT2D eigenvalue weighted by atomic mass is 9.99. The van der Waals surface area contributed by atoms with Crippen molar-refractivity contribution in [2.24, 2.45) is 5.73 Å². The molecule has 0 saturated heterocycles. The summed E-state index contributed by atoms with van der Waals surface area (Å²) in [6.07, 6.45) is 3.34. The van der Waals surface area contributed by atoms with E-state index in [1.54, 1.807) is 11.3 Å². The van der Waals surface area contributed by atoms with E-state index in [0.29, 0.717) is 6.61 Å². The minimum Gasteiger partial charge on any atom is -0.486 e. The number of nitrogens with zero attached hydrogens (tertiary/aromatic N) is 1. The summed E-state index contributed by atoms with van der Waals surface area (Å²) >= 11 is 1.74. The van der Waals surface area contributed by atoms with Gasteiger partial charge in [0.05, 0.1) is 5.69 Å². The molecule has 2 aromatic rings. The minimum absolute atomic E-state index is 0.121. The van der Waals surface area contributed by atoms with E-state index in [9.17, 15) is 0 Å². The van der Waals surface area contributed by atoms with E-state index in [-0.39, 0.29) is 6.04 Å². The van der Waals surface area contributed by atoms with Crippen LogP contribution in [0, 0.1) is 0 Å². The molecular formula is C14H16N2OS. The van der Waals surface area contributed by atoms with Gasteiger partial charge in [-0.2, -0.15) is 0 Å². The van der Waals surface area contributed by atoms with Crippen molar-refractivity contribution < 1.29 is 4.74 Å². The molecule has 1 aliphatic carbocycles. The van der Waals surface area contributed by atoms with Crippen LogP contribution in [0.1, 0.15) is 34.5 Å². The van der Waals surface area contributed by atoms with E-state index in [1.165, 1.54) is 11.3 Å². The minimum atomic E-state index is 0.121. The predicted molar refractivity (Wildman–Crippen MR) is 72.8 cm³/mol. The molecule has 4 heteroatoms. The highest BCUT2D eigenvalue weighted by molar-refractivity contribution is 7.11. The second-order valence-corrected chi connectivity index (χ2v) is 5.68. The Morgan fingerprint density at radius 1 is 1.33 bits per heavy atom. The molecule has 3 nitrogen and oxygen atoms in total. The normalized spacial score (nSPS) is 18.4. The molecule has 1 atom stereocenters. The number of aromatic nitrogens is 1. The Morgan fingerprint density at radius 3 is 2.94 bits per heavy atom. The fraction of sp³-hybridized carbons (Fsp3) is 0.357. The number of nitrogens with two attached hydrogens (primary N) is 1. The van der Waals surface area contributed by atoms with Crippen LogP contribution < -0.4 is 10.5 Å². The number of benzene rings is 1. The molecule has 18 heavy (non-hydrogen) atoms. The van der Waals surface area contributed by atoms with Crippen molar-refractivity contribution >= 4 is 11.3 Å². The second-order valence-electron chi connectivity index (χ2n) is 4.52. The summed E-state index contributed by atoms with van der Waals surface area (Å²) in [6, 6.07) is 9.96. The smallest absolute Gasteiger partial charge is 0.140 e. The average Bonchev–Trinajstić information content (AvgIpc) is 2.82. The molecule has 0 bridgehead atoms. The number of hydrogen-bond donors (Lipinski definition) is 1. The zero-order valence-electron chi connectivity index (χ0n) is 10.1. The van der Waals surface area contributed by atoms with Crippen LogP contribution in [0.2, 0.25) is 0 Å². The van der Waals surface area contributed by atoms with Crippen LogP contribution in [0.3, 0.4) is 0 Å². The van der Waals surface area contributed by atoms with Gasteiger partial charge < -0.3 is 10.5 Å². The van der Waals surface area contributed by atoms with Crippen molar-refractivity contribution in [2.45, 2.75) is 31.9 Å². The van der Waals surface area contributed by atoms with E-state index in [2.05, 4.69) is 4.98 Å². The molecule has 1 aromatic heterocycles. The van der Waals surface area contributed by atoms with Gasteiger partial charge in [-0.1, -0.05) is 18.2 Å². The first-order valence-corrected chi connectivity index (χ1v) is 7.06. The largest absolute Gasteiger partial charge is 0.486 e. The maximum atomic E-state index is 6.07. The van der Waals surface area contributed by atoms with Crippen LogP contribution >= 0.6 is 11.3 Å². The Kier molecular flexibility index (Phi) is 3.30. The molecule has 1 heterocycles. The topological polar surface area (TPSA) is 48.1 Å². The predicted octanol–water partition coefficient (Wildman–Crippen LogP) is 3.06. The van der Waals surface area contributed by atoms with Gasteiger partial charge in [-0.15, -0.1) is 11.3 Å². The quantitative estimate of drug-likeness (QED) is 0.922. The highest BCUT2D eigenvalue weighted by atomic mass is 32.1. The van der Waals surface area contributed by atoms with E-state index in [4.69, 9.17) is 10.5 Å². The van der Waals surface area contributed by atoms with Gasteiger partial charge in [0.1, 0.15) is 17.4 Å². The number of hydrogen-bond acceptors (Lipinski definition) is 4. The number of fused-ring (bicyclic) bond motifs is 1. The van der Waals surface area contributed by atoms with Crippen molar-refractivity contribution in [3.63, 3.8) is 0 Å². The molecule has 1 aliphatic rings. The Labute approximate surface area is 111 Å². The molecule has 1 aromatic carbocycles. The summed E-state index contributed by atoms with van der Waals surface area (Å²) in [4.78, 5) is 5.96. The molecule has 2 N–H and O–H groups in total. The van der Waals surface area contributed by atoms with Gasteiger partial charge in [0.2, 0.25) is 0 Å². The summed E-state index contributed by atoms with van der Waals surface area (Å²) in [5.74, 6) is 0.884. The first-order valence-electron chi connectivity index (χ1n) is 6.25. The lowest BCUT2D eigenvalue weighted by Gasteiger charge is -2.15. The van der Waals surface area contributed by atoms with Crippen LogP contribution in [0.15, 0.2) is 30.3 Å². The van der Waals surface area contributed by atoms with Gasteiger partial charge >= 0.3 is 0 Å². The molecule has 3 rings (SSSR count). The SMILES string of the molecule is NC1CCCc2sc(COc3ccccc3)nc21. The molecule has 0 fully saturated rings. The number of thiazole rings is 1. The van der Waals surface area contributed by atoms with Gasteiger partial charge in [0.15, 0.2) is 0 Å². The van der Waals surface area contributed by atoms with Crippen LogP contribution in [0.25, 0.3) is 0 Å². The molecule has 0 amide bonds. The fourth-order valence-corrected chi connectivity index (χ4v) is 3.32. The third-order valence-electron chi connectivity index (χ3n) is 3.15. The summed E-state index contributed by atoms with van der Waals surface area (Å²) in [6.45, 7) is 0.536. The standard InChI is InChI=1S/C14H16N2OS/c15-11-7-4-8-12-14(11)16-13(18-12)9-17-10-5-2-1-3-6-10/h1-3,5-6,11H,4,7-9,15H2. The average molecular weight is 260 g/mol. The molecular weight excluding hydrogens is 244 g/mol. The van der Waals surface area contributed by atoms with Gasteiger partial charge in [0, 0.05) is 10.9 Å². The first kappa shape index (κ1) is 11.7. The first-order chi connectivity index (χ1) is 8.83. The maximum Gasteiger partial charge on any atom is 0.140 e. The van der Waals surface area contributed by atoms with Crippen molar-refractivity contribution in [1.82, 2.24) is 4.98 Å². The lowest BCUT2D eigenvalue weighted by molar-refractivity contribution is 0.305. The van der Waals surface area contributed by atoms with Gasteiger partial charge in [-0.25, -0.2) is 4.98 Å². The van der Waals surface area contributed by atoms with Gasteiger partial charge in [0.25, 0.3) is 0 Å². The van der Waals surface area contributed by atoms with Crippen LogP contribution in [0.5, 0.6) is 5.75 Å². The maximum absolute atomic E-state index is 6.07. The summed E-state index contributed by atoms with van der Waals surface area (Å²) in [7, 11) is 0. The van der Waals surface area contributed by atoms with Crippen LogP contribution in [0.4, 0.5) is 0 Å². The van der Waals surface area contributed by atoms with Crippen LogP contribution in [-0.2, 0) is 13.0 Å². The van der Waals surface area contributed by atoms with Crippen molar-refractivity contribution in [2.75, 3.05) is 0 Å². The van der Waals surface area contributed by atoms with E-state index in [1.807, 2.05) is 30.3 Å². The molecule has 94 valence electrons. The van der Waals surface area contributed by atoms with Gasteiger partial charge in [-0.3, -0.25) is 0 Å². The number of aryl methyl sites for hydroxylation is 1. The van der Waals surface area contributed by atoms with Crippen molar-refractivity contribution in [1.29, 1.82) is 0 Å². The summed E-state index contributed by atoms with van der Waals surface area (Å²) < 4.78 is 5.71. The Bertz CT molecular complexity index is 524. The number of ether oxygens (including phenoxy) is 1. The second kappa shape index (κ2) is 5.08. The summed E-state index contributed by atoms with van der Waals surface area (Å²) in [5, 5.41) is 1.03. The van der Waals surface area contributed by atoms with E-state index in [0.717, 1.165) is 29.3 Å². The lowest BCUT2D eigenvalue weighted by Crippen LogP contribution is -2.16. The Hall–Kier alpha value is -1.39. The van der Waals surface area contributed by atoms with Crippen molar-refractivity contribution in [3.05, 3.63) is 45.9 Å². The summed E-state index contributed by atoms with van der Waals surface area (Å²) in [5.41, 5.74) is 7.17. The third-order valence-corrected chi connectivity index (χ3v) is 4.25. The zero-order chi connectivity index (χ0) is 12.4. The molecule has 0 radical (unpaired) electrons. The molecule has 0 saturated carbocycles. The number of para-hydroxylation sites is 1. The van der Waals surface area contributed by atoms with Crippen LogP contribution in [-0.4, -0.2) is 4.98 Å². The Morgan fingerprint density at radius 2 is 2.17 bits per heavy atom. The number of rotatable bonds is 3. The van der Waals surface area contributed by atoms with E-state index >= 15 is 0 Å².